The van der Waals surface area contributed by atoms with Gasteiger partial charge in [-0.05, 0) is 42.9 Å². The van der Waals surface area contributed by atoms with Crippen LogP contribution in [0.2, 0.25) is 5.02 Å². The Morgan fingerprint density at radius 1 is 1.06 bits per heavy atom. The molecule has 0 aromatic heterocycles. The van der Waals surface area contributed by atoms with E-state index in [0.717, 1.165) is 56.9 Å². The normalized spacial score (nSPS) is 25.0. The number of hydrogen-bond donors (Lipinski definition) is 4. The molecule has 1 aliphatic carbocycles. The highest BCUT2D eigenvalue weighted by molar-refractivity contribution is 8.00. The average molecular weight is 487 g/mol. The molecule has 1 fully saturated rings. The minimum absolute atomic E-state index is 0.0179. The molecule has 7 heteroatoms. The third kappa shape index (κ3) is 8.86. The van der Waals surface area contributed by atoms with Crippen LogP contribution in [0, 0.1) is 5.92 Å². The molecule has 0 spiro atoms. The molecule has 1 aromatic carbocycles. The minimum Gasteiger partial charge on any atom is -0.481 e. The van der Waals surface area contributed by atoms with E-state index in [2.05, 4.69) is 6.92 Å². The topological polar surface area (TPSA) is 98.0 Å². The molecule has 0 heterocycles. The number of hydrogen-bond acceptors (Lipinski definition) is 5. The molecular weight excluding hydrogens is 448 g/mol. The van der Waals surface area contributed by atoms with Gasteiger partial charge < -0.3 is 20.4 Å². The Balaban J connectivity index is 1.75. The third-order valence-corrected chi connectivity index (χ3v) is 8.38. The summed E-state index contributed by atoms with van der Waals surface area (Å²) in [4.78, 5) is 11.7. The summed E-state index contributed by atoms with van der Waals surface area (Å²) < 4.78 is 0. The van der Waals surface area contributed by atoms with Crippen molar-refractivity contribution in [3.63, 3.8) is 0 Å². The minimum atomic E-state index is -0.824. The van der Waals surface area contributed by atoms with E-state index in [9.17, 15) is 25.2 Å². The van der Waals surface area contributed by atoms with E-state index in [0.29, 0.717) is 23.6 Å². The van der Waals surface area contributed by atoms with Crippen molar-refractivity contribution in [3.8, 4) is 0 Å². The molecule has 182 valence electrons. The number of carboxylic acids is 1. The van der Waals surface area contributed by atoms with Crippen LogP contribution in [-0.4, -0.2) is 55.7 Å². The number of unbranched alkanes of at least 4 members (excludes halogenated alkanes) is 4. The first-order valence-corrected chi connectivity index (χ1v) is 13.4. The van der Waals surface area contributed by atoms with E-state index in [4.69, 9.17) is 11.6 Å². The molecule has 1 saturated carbocycles. The van der Waals surface area contributed by atoms with Gasteiger partial charge in [-0.25, -0.2) is 0 Å². The van der Waals surface area contributed by atoms with Crippen molar-refractivity contribution >= 4 is 29.3 Å². The van der Waals surface area contributed by atoms with Crippen LogP contribution in [0.1, 0.15) is 82.6 Å². The molecule has 1 aliphatic rings. The van der Waals surface area contributed by atoms with Crippen molar-refractivity contribution in [3.05, 3.63) is 34.9 Å². The lowest BCUT2D eigenvalue weighted by Crippen LogP contribution is -2.27. The third-order valence-electron chi connectivity index (χ3n) is 6.50. The maximum absolute atomic E-state index is 11.7. The second-order valence-corrected chi connectivity index (χ2v) is 10.7. The van der Waals surface area contributed by atoms with Gasteiger partial charge in [0.05, 0.1) is 24.2 Å². The molecular formula is C25H39ClO5S. The summed E-state index contributed by atoms with van der Waals surface area (Å²) in [5, 5.41) is 41.2. The van der Waals surface area contributed by atoms with Crippen LogP contribution >= 0.6 is 23.4 Å². The summed E-state index contributed by atoms with van der Waals surface area (Å²) in [5.41, 5.74) is 0.769. The fourth-order valence-corrected chi connectivity index (χ4v) is 6.26. The molecule has 32 heavy (non-hydrogen) atoms. The van der Waals surface area contributed by atoms with Crippen LogP contribution in [0.3, 0.4) is 0 Å². The second-order valence-electron chi connectivity index (χ2n) is 9.06. The highest BCUT2D eigenvalue weighted by Crippen LogP contribution is 2.39. The zero-order chi connectivity index (χ0) is 23.5. The number of aliphatic carboxylic acids is 1. The van der Waals surface area contributed by atoms with E-state index >= 15 is 0 Å². The standard InChI is InChI=1S/C25H39ClO5S/c1-2-3-5-8-19(27)16-32-24-21(22(28)15-23(24)29)10-7-4-6-9-20(25(30)31)17-11-13-18(26)14-12-17/h11-14,19-24,27-29H,2-10,15-16H2,1H3,(H,30,31)/t19?,20?,21-,22?,23?,24+/m0/s1. The van der Waals surface area contributed by atoms with Crippen molar-refractivity contribution in [2.75, 3.05) is 5.75 Å². The van der Waals surface area contributed by atoms with Crippen molar-refractivity contribution in [1.82, 2.24) is 0 Å². The first kappa shape index (κ1) is 27.5. The fourth-order valence-electron chi connectivity index (χ4n) is 4.62. The van der Waals surface area contributed by atoms with Crippen molar-refractivity contribution in [2.45, 2.75) is 101 Å². The number of carbonyl (C=O) groups is 1. The summed E-state index contributed by atoms with van der Waals surface area (Å²) in [7, 11) is 0. The number of thioether (sulfide) groups is 1. The van der Waals surface area contributed by atoms with Crippen LogP contribution in [0.5, 0.6) is 0 Å². The zero-order valence-electron chi connectivity index (χ0n) is 19.0. The van der Waals surface area contributed by atoms with Crippen molar-refractivity contribution in [1.29, 1.82) is 0 Å². The zero-order valence-corrected chi connectivity index (χ0v) is 20.6. The maximum Gasteiger partial charge on any atom is 0.310 e. The molecule has 0 saturated heterocycles. The second kappa shape index (κ2) is 14.5. The van der Waals surface area contributed by atoms with Gasteiger partial charge in [-0.3, -0.25) is 4.79 Å². The van der Waals surface area contributed by atoms with Gasteiger partial charge in [-0.2, -0.15) is 11.8 Å². The molecule has 0 amide bonds. The van der Waals surface area contributed by atoms with E-state index in [1.54, 1.807) is 36.0 Å². The number of halogens is 1. The van der Waals surface area contributed by atoms with Gasteiger partial charge in [0.15, 0.2) is 0 Å². The van der Waals surface area contributed by atoms with Crippen LogP contribution < -0.4 is 0 Å². The summed E-state index contributed by atoms with van der Waals surface area (Å²) in [6.45, 7) is 2.14. The molecule has 1 aromatic rings. The van der Waals surface area contributed by atoms with Crippen LogP contribution in [-0.2, 0) is 4.79 Å². The van der Waals surface area contributed by atoms with E-state index < -0.39 is 24.1 Å². The van der Waals surface area contributed by atoms with Crippen LogP contribution in [0.4, 0.5) is 0 Å². The van der Waals surface area contributed by atoms with E-state index in [1.807, 2.05) is 0 Å². The van der Waals surface area contributed by atoms with Gasteiger partial charge >= 0.3 is 5.97 Å². The number of aliphatic hydroxyl groups excluding tert-OH is 3. The van der Waals surface area contributed by atoms with E-state index in [1.165, 1.54) is 0 Å². The van der Waals surface area contributed by atoms with Crippen LogP contribution in [0.15, 0.2) is 24.3 Å². The molecule has 4 unspecified atom stereocenters. The molecule has 0 aliphatic heterocycles. The molecule has 6 atom stereocenters. The summed E-state index contributed by atoms with van der Waals surface area (Å²) in [6.07, 6.45) is 6.96. The lowest BCUT2D eigenvalue weighted by atomic mass is 9.92. The predicted octanol–water partition coefficient (Wildman–Crippen LogP) is 5.24. The van der Waals surface area contributed by atoms with Crippen molar-refractivity contribution in [2.24, 2.45) is 5.92 Å². The molecule has 0 bridgehead atoms. The van der Waals surface area contributed by atoms with Gasteiger partial charge in [-0.15, -0.1) is 0 Å². The molecule has 0 radical (unpaired) electrons. The monoisotopic (exact) mass is 486 g/mol. The summed E-state index contributed by atoms with van der Waals surface area (Å²) in [5.74, 6) is -0.751. The molecule has 5 nitrogen and oxygen atoms in total. The van der Waals surface area contributed by atoms with Gasteiger partial charge in [-0.1, -0.05) is 69.2 Å². The first-order valence-electron chi connectivity index (χ1n) is 12.0. The van der Waals surface area contributed by atoms with Gasteiger partial charge in [0.2, 0.25) is 0 Å². The van der Waals surface area contributed by atoms with E-state index in [-0.39, 0.29) is 17.3 Å². The predicted molar refractivity (Wildman–Crippen MR) is 131 cm³/mol. The summed E-state index contributed by atoms with van der Waals surface area (Å²) in [6, 6.07) is 6.99. The highest BCUT2D eigenvalue weighted by atomic mass is 35.5. The first-order chi connectivity index (χ1) is 15.3. The number of aliphatic hydroxyl groups is 3. The Labute approximate surface area is 201 Å². The Kier molecular flexibility index (Phi) is 12.4. The molecule has 2 rings (SSSR count). The lowest BCUT2D eigenvalue weighted by Gasteiger charge is -2.24. The van der Waals surface area contributed by atoms with Gasteiger partial charge in [0.1, 0.15) is 0 Å². The Hall–Kier alpha value is -0.790. The Morgan fingerprint density at radius 2 is 1.75 bits per heavy atom. The quantitative estimate of drug-likeness (QED) is 0.253. The Bertz CT molecular complexity index is 671. The van der Waals surface area contributed by atoms with Crippen molar-refractivity contribution < 1.29 is 25.2 Å². The lowest BCUT2D eigenvalue weighted by molar-refractivity contribution is -0.139. The largest absolute Gasteiger partial charge is 0.481 e. The average Bonchev–Trinajstić information content (AvgIpc) is 3.02. The van der Waals surface area contributed by atoms with Gasteiger partial charge in [0, 0.05) is 22.4 Å². The Morgan fingerprint density at radius 3 is 2.41 bits per heavy atom. The van der Waals surface area contributed by atoms with Gasteiger partial charge in [0.25, 0.3) is 0 Å². The van der Waals surface area contributed by atoms with Crippen LogP contribution in [0.25, 0.3) is 0 Å². The highest BCUT2D eigenvalue weighted by Gasteiger charge is 2.41. The maximum atomic E-state index is 11.7. The smallest absolute Gasteiger partial charge is 0.310 e. The number of rotatable bonds is 15. The summed E-state index contributed by atoms with van der Waals surface area (Å²) >= 11 is 7.50. The fraction of sp³-hybridized carbons (Fsp3) is 0.720. The number of carboxylic acid groups (broad SMARTS) is 1. The molecule has 4 N–H and O–H groups in total. The SMILES string of the molecule is CCCCCC(O)CS[C@H]1C(O)CC(O)[C@@H]1CCCCCC(C(=O)O)c1ccc(Cl)cc1. The number of benzene rings is 1.